The minimum absolute atomic E-state index is 0.117. The molecule has 3 aromatic carbocycles. The molecule has 0 atom stereocenters. The summed E-state index contributed by atoms with van der Waals surface area (Å²) in [6, 6.07) is 16.5. The van der Waals surface area contributed by atoms with Gasteiger partial charge in [0.2, 0.25) is 0 Å². The fourth-order valence-corrected chi connectivity index (χ4v) is 4.41. The molecular weight excluding hydrogens is 553 g/mol. The summed E-state index contributed by atoms with van der Waals surface area (Å²) in [6.07, 6.45) is 0.574. The number of carbonyl (C=O) groups is 3. The number of methoxy groups -OCH3 is 2. The van der Waals surface area contributed by atoms with Gasteiger partial charge in [-0.15, -0.1) is 0 Å². The normalized spacial score (nSPS) is 13.1. The predicted octanol–water partition coefficient (Wildman–Crippen LogP) is 5.42. The van der Waals surface area contributed by atoms with Crippen molar-refractivity contribution in [1.82, 2.24) is 5.32 Å². The molecule has 8 nitrogen and oxygen atoms in total. The summed E-state index contributed by atoms with van der Waals surface area (Å²) < 4.78 is 10.6. The van der Waals surface area contributed by atoms with Gasteiger partial charge in [-0.3, -0.25) is 14.4 Å². The van der Waals surface area contributed by atoms with E-state index in [1.165, 1.54) is 18.2 Å². The topological polar surface area (TPSA) is 97.0 Å². The molecule has 196 valence electrons. The zero-order valence-corrected chi connectivity index (χ0v) is 22.6. The molecule has 0 spiro atoms. The maximum atomic E-state index is 13.1. The Morgan fingerprint density at radius 3 is 2.39 bits per heavy atom. The third-order valence-corrected chi connectivity index (χ3v) is 6.62. The number of benzene rings is 3. The number of anilines is 2. The second-order valence-corrected chi connectivity index (χ2v) is 9.35. The first kappa shape index (κ1) is 27.3. The second-order valence-electron chi connectivity index (χ2n) is 8.13. The van der Waals surface area contributed by atoms with Gasteiger partial charge in [-0.05, 0) is 60.5 Å². The lowest BCUT2D eigenvalue weighted by Gasteiger charge is -2.17. The Morgan fingerprint density at radius 2 is 1.66 bits per heavy atom. The second kappa shape index (κ2) is 11.8. The van der Waals surface area contributed by atoms with Crippen molar-refractivity contribution in [3.8, 4) is 11.5 Å². The van der Waals surface area contributed by atoms with Crippen molar-refractivity contribution in [2.24, 2.45) is 0 Å². The fraction of sp³-hybridized carbons (Fsp3) is 0.148. The van der Waals surface area contributed by atoms with E-state index < -0.39 is 11.8 Å². The number of imide groups is 1. The van der Waals surface area contributed by atoms with Crippen LogP contribution in [0.15, 0.2) is 71.4 Å². The quantitative estimate of drug-likeness (QED) is 0.331. The predicted molar refractivity (Wildman–Crippen MR) is 147 cm³/mol. The van der Waals surface area contributed by atoms with Crippen molar-refractivity contribution < 1.29 is 23.9 Å². The molecule has 0 saturated heterocycles. The van der Waals surface area contributed by atoms with E-state index in [9.17, 15) is 14.4 Å². The number of halogens is 3. The fourth-order valence-electron chi connectivity index (χ4n) is 3.83. The molecule has 0 aromatic heterocycles. The number of hydrogen-bond donors (Lipinski definition) is 2. The van der Waals surface area contributed by atoms with Crippen LogP contribution in [-0.4, -0.2) is 38.5 Å². The molecule has 0 unspecified atom stereocenters. The van der Waals surface area contributed by atoms with Crippen LogP contribution in [0.2, 0.25) is 10.0 Å². The third-order valence-electron chi connectivity index (χ3n) is 5.72. The number of nitrogens with one attached hydrogen (secondary N) is 2. The molecule has 0 radical (unpaired) electrons. The van der Waals surface area contributed by atoms with Gasteiger partial charge in [-0.1, -0.05) is 46.9 Å². The van der Waals surface area contributed by atoms with Crippen LogP contribution in [0.3, 0.4) is 0 Å². The summed E-state index contributed by atoms with van der Waals surface area (Å²) in [5.74, 6) is -0.517. The molecule has 0 bridgehead atoms. The Morgan fingerprint density at radius 1 is 0.895 bits per heavy atom. The smallest absolute Gasteiger partial charge is 0.283 e. The van der Waals surface area contributed by atoms with E-state index in [2.05, 4.69) is 10.6 Å². The molecule has 3 amide bonds. The summed E-state index contributed by atoms with van der Waals surface area (Å²) in [4.78, 5) is 39.4. The van der Waals surface area contributed by atoms with Gasteiger partial charge >= 0.3 is 0 Å². The zero-order valence-electron chi connectivity index (χ0n) is 20.3. The van der Waals surface area contributed by atoms with Crippen LogP contribution >= 0.6 is 34.8 Å². The first-order chi connectivity index (χ1) is 18.2. The molecular formula is C27H22Cl3N3O5. The lowest BCUT2D eigenvalue weighted by molar-refractivity contribution is -0.120. The third kappa shape index (κ3) is 5.72. The van der Waals surface area contributed by atoms with Gasteiger partial charge in [-0.25, -0.2) is 4.90 Å². The molecule has 1 aliphatic heterocycles. The lowest BCUT2D eigenvalue weighted by Crippen LogP contribution is -2.32. The van der Waals surface area contributed by atoms with Gasteiger partial charge in [0, 0.05) is 22.8 Å². The van der Waals surface area contributed by atoms with E-state index in [1.54, 1.807) is 38.5 Å². The van der Waals surface area contributed by atoms with E-state index in [0.717, 1.165) is 10.5 Å². The van der Waals surface area contributed by atoms with Crippen molar-refractivity contribution in [3.63, 3.8) is 0 Å². The molecule has 38 heavy (non-hydrogen) atoms. The Labute approximate surface area is 234 Å². The van der Waals surface area contributed by atoms with E-state index in [-0.39, 0.29) is 27.3 Å². The molecule has 0 fully saturated rings. The van der Waals surface area contributed by atoms with E-state index in [1.807, 2.05) is 18.2 Å². The SMILES string of the molecule is COc1ccc(CCNC(=O)c2cccc(NC3=C(Cl)C(=O)N(c4cc(Cl)ccc4Cl)C3=O)c2)cc1OC. The minimum atomic E-state index is -0.743. The average molecular weight is 575 g/mol. The van der Waals surface area contributed by atoms with Crippen molar-refractivity contribution in [3.05, 3.63) is 92.6 Å². The first-order valence-corrected chi connectivity index (χ1v) is 12.5. The Bertz CT molecular complexity index is 1460. The molecule has 2 N–H and O–H groups in total. The molecule has 3 aromatic rings. The van der Waals surface area contributed by atoms with Crippen LogP contribution in [-0.2, 0) is 16.0 Å². The summed E-state index contributed by atoms with van der Waals surface area (Å²) in [7, 11) is 3.13. The first-order valence-electron chi connectivity index (χ1n) is 11.3. The zero-order chi connectivity index (χ0) is 27.4. The highest BCUT2D eigenvalue weighted by Gasteiger charge is 2.40. The van der Waals surface area contributed by atoms with E-state index >= 15 is 0 Å². The summed E-state index contributed by atoms with van der Waals surface area (Å²) >= 11 is 18.4. The van der Waals surface area contributed by atoms with Crippen LogP contribution in [0.5, 0.6) is 11.5 Å². The van der Waals surface area contributed by atoms with Gasteiger partial charge in [0.05, 0.1) is 24.9 Å². The minimum Gasteiger partial charge on any atom is -0.493 e. The van der Waals surface area contributed by atoms with E-state index in [4.69, 9.17) is 44.3 Å². The Hall–Kier alpha value is -3.72. The monoisotopic (exact) mass is 573 g/mol. The Kier molecular flexibility index (Phi) is 8.46. The van der Waals surface area contributed by atoms with Crippen molar-refractivity contribution >= 4 is 63.9 Å². The lowest BCUT2D eigenvalue weighted by atomic mass is 10.1. The summed E-state index contributed by atoms with van der Waals surface area (Å²) in [5, 5.41) is 5.87. The van der Waals surface area contributed by atoms with Gasteiger partial charge in [0.25, 0.3) is 17.7 Å². The summed E-state index contributed by atoms with van der Waals surface area (Å²) in [5.41, 5.74) is 1.69. The highest BCUT2D eigenvalue weighted by Crippen LogP contribution is 2.36. The van der Waals surface area contributed by atoms with Gasteiger partial charge in [0.1, 0.15) is 10.7 Å². The highest BCUT2D eigenvalue weighted by atomic mass is 35.5. The highest BCUT2D eigenvalue weighted by molar-refractivity contribution is 6.54. The number of nitrogens with zero attached hydrogens (tertiary/aromatic N) is 1. The average Bonchev–Trinajstić information content (AvgIpc) is 3.12. The van der Waals surface area contributed by atoms with Crippen LogP contribution in [0.4, 0.5) is 11.4 Å². The van der Waals surface area contributed by atoms with Crippen LogP contribution in [0.25, 0.3) is 0 Å². The molecule has 1 heterocycles. The molecule has 0 saturated carbocycles. The number of amides is 3. The Balaban J connectivity index is 1.43. The number of carbonyl (C=O) groups excluding carboxylic acids is 3. The van der Waals surface area contributed by atoms with Gasteiger partial charge in [-0.2, -0.15) is 0 Å². The van der Waals surface area contributed by atoms with Crippen molar-refractivity contribution in [2.45, 2.75) is 6.42 Å². The van der Waals surface area contributed by atoms with Gasteiger partial charge < -0.3 is 20.1 Å². The van der Waals surface area contributed by atoms with Crippen LogP contribution in [0.1, 0.15) is 15.9 Å². The molecule has 1 aliphatic rings. The standard InChI is InChI=1S/C27H22Cl3N3O5/c1-37-21-9-6-15(12-22(21)38-2)10-11-31-25(34)16-4-3-5-18(13-16)32-24-23(30)26(35)33(27(24)36)20-14-17(28)7-8-19(20)29/h3-9,12-14,32H,10-11H2,1-2H3,(H,31,34). The number of hydrogen-bond acceptors (Lipinski definition) is 6. The largest absolute Gasteiger partial charge is 0.493 e. The molecule has 4 rings (SSSR count). The number of rotatable bonds is 9. The molecule has 0 aliphatic carbocycles. The van der Waals surface area contributed by atoms with Crippen LogP contribution in [0, 0.1) is 0 Å². The molecule has 11 heteroatoms. The van der Waals surface area contributed by atoms with Gasteiger partial charge in [0.15, 0.2) is 11.5 Å². The van der Waals surface area contributed by atoms with Crippen molar-refractivity contribution in [2.75, 3.05) is 31.0 Å². The van der Waals surface area contributed by atoms with E-state index in [0.29, 0.717) is 40.7 Å². The van der Waals surface area contributed by atoms with Crippen molar-refractivity contribution in [1.29, 1.82) is 0 Å². The maximum Gasteiger partial charge on any atom is 0.283 e. The summed E-state index contributed by atoms with van der Waals surface area (Å²) in [6.45, 7) is 0.380. The van der Waals surface area contributed by atoms with Crippen LogP contribution < -0.4 is 25.0 Å². The number of ether oxygens (including phenoxy) is 2. The maximum absolute atomic E-state index is 13.1.